The minimum absolute atomic E-state index is 0.0536. The van der Waals surface area contributed by atoms with Crippen molar-refractivity contribution < 1.29 is 4.74 Å². The number of halogens is 1. The second-order valence-corrected chi connectivity index (χ2v) is 5.68. The first kappa shape index (κ1) is 16.0. The molecule has 114 valence electrons. The molecule has 0 bridgehead atoms. The van der Waals surface area contributed by atoms with Crippen LogP contribution in [0.25, 0.3) is 0 Å². The molecule has 1 unspecified atom stereocenters. The largest absolute Gasteiger partial charge is 0.493 e. The Balaban J connectivity index is 2.50. The van der Waals surface area contributed by atoms with E-state index in [4.69, 9.17) is 4.74 Å². The fourth-order valence-electron chi connectivity index (χ4n) is 2.43. The predicted octanol–water partition coefficient (Wildman–Crippen LogP) is 3.76. The highest BCUT2D eigenvalue weighted by atomic mass is 79.9. The summed E-state index contributed by atoms with van der Waals surface area (Å²) in [6.45, 7) is 6.00. The lowest BCUT2D eigenvalue weighted by molar-refractivity contribution is 0.398. The summed E-state index contributed by atoms with van der Waals surface area (Å²) in [4.78, 5) is 0. The van der Waals surface area contributed by atoms with Crippen LogP contribution in [-0.2, 0) is 6.54 Å². The number of aromatic nitrogens is 2. The number of methoxy groups -OCH3 is 1. The molecule has 21 heavy (non-hydrogen) atoms. The molecule has 1 aromatic heterocycles. The molecule has 2 aromatic rings. The van der Waals surface area contributed by atoms with Crippen LogP contribution in [0, 0.1) is 0 Å². The molecule has 0 spiro atoms. The van der Waals surface area contributed by atoms with Crippen molar-refractivity contribution in [3.63, 3.8) is 0 Å². The van der Waals surface area contributed by atoms with Gasteiger partial charge in [0, 0.05) is 11.0 Å². The fourth-order valence-corrected chi connectivity index (χ4v) is 2.94. The summed E-state index contributed by atoms with van der Waals surface area (Å²) < 4.78 is 8.59. The molecule has 2 rings (SSSR count). The van der Waals surface area contributed by atoms with Crippen molar-refractivity contribution in [3.05, 3.63) is 46.2 Å². The van der Waals surface area contributed by atoms with Crippen LogP contribution in [0.3, 0.4) is 0 Å². The minimum Gasteiger partial charge on any atom is -0.493 e. The number of nitrogens with one attached hydrogen (secondary N) is 1. The quantitative estimate of drug-likeness (QED) is 0.825. The zero-order valence-corrected chi connectivity index (χ0v) is 14.4. The summed E-state index contributed by atoms with van der Waals surface area (Å²) in [6, 6.07) is 8.33. The lowest BCUT2D eigenvalue weighted by Gasteiger charge is -2.22. The molecular weight excluding hydrogens is 330 g/mol. The summed E-state index contributed by atoms with van der Waals surface area (Å²) in [6.07, 6.45) is 2.86. The van der Waals surface area contributed by atoms with Crippen molar-refractivity contribution >= 4 is 15.9 Å². The van der Waals surface area contributed by atoms with E-state index in [1.807, 2.05) is 10.7 Å². The molecule has 0 radical (unpaired) electrons. The van der Waals surface area contributed by atoms with Crippen LogP contribution in [-0.4, -0.2) is 23.4 Å². The average Bonchev–Trinajstić information content (AvgIpc) is 2.92. The van der Waals surface area contributed by atoms with Crippen molar-refractivity contribution in [1.82, 2.24) is 15.1 Å². The van der Waals surface area contributed by atoms with Crippen LogP contribution in [0.5, 0.6) is 5.75 Å². The molecule has 0 aliphatic rings. The van der Waals surface area contributed by atoms with Crippen LogP contribution < -0.4 is 10.1 Å². The molecule has 1 heterocycles. The highest BCUT2D eigenvalue weighted by Gasteiger charge is 2.24. The Morgan fingerprint density at radius 3 is 2.71 bits per heavy atom. The van der Waals surface area contributed by atoms with Crippen LogP contribution in [0.4, 0.5) is 0 Å². The summed E-state index contributed by atoms with van der Waals surface area (Å²) >= 11 is 3.66. The van der Waals surface area contributed by atoms with Gasteiger partial charge in [-0.2, -0.15) is 5.10 Å². The maximum Gasteiger partial charge on any atom is 0.161 e. The Labute approximate surface area is 134 Å². The number of ether oxygens (including phenoxy) is 1. The summed E-state index contributed by atoms with van der Waals surface area (Å²) in [5.74, 6) is 0.821. The first-order valence-corrected chi connectivity index (χ1v) is 8.09. The van der Waals surface area contributed by atoms with E-state index in [2.05, 4.69) is 58.4 Å². The first-order chi connectivity index (χ1) is 10.2. The van der Waals surface area contributed by atoms with E-state index in [9.17, 15) is 0 Å². The molecule has 1 N–H and O–H groups in total. The van der Waals surface area contributed by atoms with E-state index in [-0.39, 0.29) is 6.04 Å². The molecule has 4 nitrogen and oxygen atoms in total. The van der Waals surface area contributed by atoms with Gasteiger partial charge >= 0.3 is 0 Å². The number of benzene rings is 1. The molecule has 0 aliphatic carbocycles. The molecule has 0 aliphatic heterocycles. The molecule has 1 atom stereocenters. The molecule has 0 saturated carbocycles. The lowest BCUT2D eigenvalue weighted by atomic mass is 10.0. The van der Waals surface area contributed by atoms with Crippen LogP contribution in [0.1, 0.15) is 37.6 Å². The Morgan fingerprint density at radius 1 is 1.33 bits per heavy atom. The van der Waals surface area contributed by atoms with E-state index in [1.165, 1.54) is 5.56 Å². The third kappa shape index (κ3) is 3.47. The fraction of sp³-hybridized carbons (Fsp3) is 0.438. The van der Waals surface area contributed by atoms with E-state index in [0.29, 0.717) is 0 Å². The number of hydrogen-bond donors (Lipinski definition) is 1. The van der Waals surface area contributed by atoms with E-state index in [1.54, 1.807) is 13.3 Å². The van der Waals surface area contributed by atoms with Gasteiger partial charge in [-0.25, -0.2) is 0 Å². The van der Waals surface area contributed by atoms with Crippen LogP contribution in [0.15, 0.2) is 34.9 Å². The van der Waals surface area contributed by atoms with Gasteiger partial charge in [0.05, 0.1) is 19.3 Å². The number of nitrogens with zero attached hydrogens (tertiary/aromatic N) is 2. The van der Waals surface area contributed by atoms with E-state index in [0.717, 1.165) is 35.4 Å². The van der Waals surface area contributed by atoms with Gasteiger partial charge in [-0.05, 0) is 31.5 Å². The predicted molar refractivity (Wildman–Crippen MR) is 88.7 cm³/mol. The highest BCUT2D eigenvalue weighted by Crippen LogP contribution is 2.33. The Kier molecular flexibility index (Phi) is 5.82. The van der Waals surface area contributed by atoms with Gasteiger partial charge in [-0.1, -0.05) is 41.1 Å². The standard InChI is InChI=1S/C16H22BrN3O/c1-4-10-18-15(12-8-6-7-9-13(12)17)16-14(21-3)11-19-20(16)5-2/h6-9,11,15,18H,4-5,10H2,1-3H3. The smallest absolute Gasteiger partial charge is 0.161 e. The number of hydrogen-bond acceptors (Lipinski definition) is 3. The van der Waals surface area contributed by atoms with E-state index >= 15 is 0 Å². The van der Waals surface area contributed by atoms with Crippen LogP contribution in [0.2, 0.25) is 0 Å². The topological polar surface area (TPSA) is 39.1 Å². The molecular formula is C16H22BrN3O. The number of rotatable bonds is 7. The Bertz CT molecular complexity index is 561. The monoisotopic (exact) mass is 351 g/mol. The molecule has 0 amide bonds. The van der Waals surface area contributed by atoms with Crippen molar-refractivity contribution in [2.24, 2.45) is 0 Å². The van der Waals surface area contributed by atoms with Crippen molar-refractivity contribution in [1.29, 1.82) is 0 Å². The van der Waals surface area contributed by atoms with Crippen molar-refractivity contribution in [2.75, 3.05) is 13.7 Å². The summed E-state index contributed by atoms with van der Waals surface area (Å²) in [7, 11) is 1.69. The second-order valence-electron chi connectivity index (χ2n) is 4.82. The average molecular weight is 352 g/mol. The van der Waals surface area contributed by atoms with Crippen molar-refractivity contribution in [3.8, 4) is 5.75 Å². The van der Waals surface area contributed by atoms with Crippen LogP contribution >= 0.6 is 15.9 Å². The highest BCUT2D eigenvalue weighted by molar-refractivity contribution is 9.10. The van der Waals surface area contributed by atoms with Gasteiger partial charge in [0.1, 0.15) is 5.69 Å². The minimum atomic E-state index is 0.0536. The van der Waals surface area contributed by atoms with Gasteiger partial charge in [0.15, 0.2) is 5.75 Å². The molecule has 0 fully saturated rings. The first-order valence-electron chi connectivity index (χ1n) is 7.30. The van der Waals surface area contributed by atoms with Crippen molar-refractivity contribution in [2.45, 2.75) is 32.9 Å². The van der Waals surface area contributed by atoms with Gasteiger partial charge in [-0.15, -0.1) is 0 Å². The third-order valence-electron chi connectivity index (χ3n) is 3.45. The summed E-state index contributed by atoms with van der Waals surface area (Å²) in [5.41, 5.74) is 2.26. The van der Waals surface area contributed by atoms with Gasteiger partial charge in [0.25, 0.3) is 0 Å². The van der Waals surface area contributed by atoms with Gasteiger partial charge < -0.3 is 10.1 Å². The maximum absolute atomic E-state index is 5.51. The molecule has 1 aromatic carbocycles. The molecule has 0 saturated heterocycles. The van der Waals surface area contributed by atoms with Gasteiger partial charge in [0.2, 0.25) is 0 Å². The SMILES string of the molecule is CCCNC(c1ccccc1Br)c1c(OC)cnn1CC. The zero-order chi connectivity index (χ0) is 15.2. The Morgan fingerprint density at radius 2 is 2.10 bits per heavy atom. The zero-order valence-electron chi connectivity index (χ0n) is 12.8. The van der Waals surface area contributed by atoms with Gasteiger partial charge in [-0.3, -0.25) is 4.68 Å². The van der Waals surface area contributed by atoms with E-state index < -0.39 is 0 Å². The summed E-state index contributed by atoms with van der Waals surface area (Å²) in [5, 5.41) is 8.03. The second kappa shape index (κ2) is 7.61. The third-order valence-corrected chi connectivity index (χ3v) is 4.17. The number of aryl methyl sites for hydroxylation is 1. The Hall–Kier alpha value is -1.33. The maximum atomic E-state index is 5.51. The molecule has 5 heteroatoms. The normalized spacial score (nSPS) is 12.4. The lowest BCUT2D eigenvalue weighted by Crippen LogP contribution is -2.26.